The summed E-state index contributed by atoms with van der Waals surface area (Å²) in [6.07, 6.45) is 1.97. The predicted molar refractivity (Wildman–Crippen MR) is 91.8 cm³/mol. The van der Waals surface area contributed by atoms with Gasteiger partial charge in [0, 0.05) is 25.4 Å². The van der Waals surface area contributed by atoms with Gasteiger partial charge in [0.2, 0.25) is 16.6 Å². The van der Waals surface area contributed by atoms with Crippen LogP contribution in [-0.2, 0) is 8.85 Å². The summed E-state index contributed by atoms with van der Waals surface area (Å²) in [5.41, 5.74) is 0. The first-order valence-electron chi connectivity index (χ1n) is 7.86. The van der Waals surface area contributed by atoms with Crippen LogP contribution >= 0.6 is 0 Å². The molecule has 0 aromatic rings. The molecule has 0 aliphatic carbocycles. The monoisotopic (exact) mass is 315 g/mol. The Balaban J connectivity index is 3.00. The van der Waals surface area contributed by atoms with Crippen molar-refractivity contribution >= 4 is 16.6 Å². The van der Waals surface area contributed by atoms with E-state index in [1.165, 1.54) is 0 Å². The molecule has 0 radical (unpaired) electrons. The second-order valence-corrected chi connectivity index (χ2v) is 16.6. The van der Waals surface area contributed by atoms with Crippen LogP contribution in [0.4, 0.5) is 0 Å². The molecular weight excluding hydrogens is 282 g/mol. The first-order chi connectivity index (χ1) is 9.02. The van der Waals surface area contributed by atoms with Gasteiger partial charge in [-0.1, -0.05) is 6.92 Å². The third-order valence-corrected chi connectivity index (χ3v) is 5.02. The summed E-state index contributed by atoms with van der Waals surface area (Å²) >= 11 is 0. The topological polar surface area (TPSA) is 21.7 Å². The molecule has 0 spiro atoms. The predicted octanol–water partition coefficient (Wildman–Crippen LogP) is 4.41. The lowest BCUT2D eigenvalue weighted by molar-refractivity contribution is 0.216. The molecule has 1 atom stereocenters. The average Bonchev–Trinajstić information content (AvgIpc) is 2.35. The van der Waals surface area contributed by atoms with E-state index in [4.69, 9.17) is 8.85 Å². The van der Waals surface area contributed by atoms with E-state index in [0.29, 0.717) is 6.04 Å². The lowest BCUT2D eigenvalue weighted by Gasteiger charge is -2.28. The fraction of sp³-hybridized carbons (Fsp3) is 0.867. The van der Waals surface area contributed by atoms with Gasteiger partial charge in [0.1, 0.15) is 11.5 Å². The number of rotatable bonds is 5. The van der Waals surface area contributed by atoms with Crippen LogP contribution in [0.25, 0.3) is 0 Å². The van der Waals surface area contributed by atoms with Gasteiger partial charge in [-0.05, 0) is 52.8 Å². The van der Waals surface area contributed by atoms with Crippen LogP contribution in [0, 0.1) is 0 Å². The second-order valence-electron chi connectivity index (χ2n) is 7.71. The van der Waals surface area contributed by atoms with E-state index in [9.17, 15) is 0 Å². The zero-order chi connectivity index (χ0) is 15.6. The van der Waals surface area contributed by atoms with Gasteiger partial charge < -0.3 is 13.8 Å². The van der Waals surface area contributed by atoms with Crippen LogP contribution in [-0.4, -0.2) is 40.7 Å². The Hall–Kier alpha value is -0.266. The smallest absolute Gasteiger partial charge is 0.241 e. The molecule has 0 aromatic carbocycles. The zero-order valence-corrected chi connectivity index (χ0v) is 16.7. The second kappa shape index (κ2) is 6.66. The van der Waals surface area contributed by atoms with Crippen LogP contribution in [0.1, 0.15) is 26.7 Å². The van der Waals surface area contributed by atoms with Gasteiger partial charge in [-0.25, -0.2) is 0 Å². The first kappa shape index (κ1) is 17.8. The molecule has 0 amide bonds. The van der Waals surface area contributed by atoms with Gasteiger partial charge in [-0.15, -0.1) is 0 Å². The lowest BCUT2D eigenvalue weighted by atomic mass is 10.2. The Bertz CT molecular complexity index is 356. The molecule has 1 heterocycles. The van der Waals surface area contributed by atoms with Crippen molar-refractivity contribution in [2.45, 2.75) is 72.0 Å². The standard InChI is InChI=1S/C15H33NO2Si2/c1-9-16-11-10-14(17-19(3,4)5)15(12-13(16)2)18-20(6,7)8/h13H,9-12H2,1-8H3/t13-/m0/s1. The van der Waals surface area contributed by atoms with Crippen LogP contribution in [0.2, 0.25) is 39.3 Å². The largest absolute Gasteiger partial charge is 0.545 e. The molecule has 0 unspecified atom stereocenters. The minimum atomic E-state index is -1.59. The molecule has 0 saturated heterocycles. The molecule has 1 aliphatic heterocycles. The molecule has 0 N–H and O–H groups in total. The summed E-state index contributed by atoms with van der Waals surface area (Å²) in [6.45, 7) is 20.2. The molecule has 0 saturated carbocycles. The molecule has 20 heavy (non-hydrogen) atoms. The normalized spacial score (nSPS) is 22.7. The summed E-state index contributed by atoms with van der Waals surface area (Å²) in [5, 5.41) is 0. The van der Waals surface area contributed by atoms with Gasteiger partial charge in [0.25, 0.3) is 0 Å². The Kier molecular flexibility index (Phi) is 5.93. The van der Waals surface area contributed by atoms with E-state index >= 15 is 0 Å². The summed E-state index contributed by atoms with van der Waals surface area (Å²) < 4.78 is 12.7. The fourth-order valence-electron chi connectivity index (χ4n) is 2.53. The quantitative estimate of drug-likeness (QED) is 0.702. The van der Waals surface area contributed by atoms with Gasteiger partial charge in [-0.2, -0.15) is 0 Å². The highest BCUT2D eigenvalue weighted by molar-refractivity contribution is 6.70. The van der Waals surface area contributed by atoms with Gasteiger partial charge >= 0.3 is 0 Å². The van der Waals surface area contributed by atoms with Gasteiger partial charge in [0.05, 0.1) is 0 Å². The zero-order valence-electron chi connectivity index (χ0n) is 14.7. The Morgan fingerprint density at radius 2 is 1.50 bits per heavy atom. The van der Waals surface area contributed by atoms with Crippen molar-refractivity contribution in [3.63, 3.8) is 0 Å². The highest BCUT2D eigenvalue weighted by Gasteiger charge is 2.29. The molecule has 0 fully saturated rings. The number of hydrogen-bond acceptors (Lipinski definition) is 3. The van der Waals surface area contributed by atoms with Crippen molar-refractivity contribution in [3.05, 3.63) is 11.5 Å². The maximum atomic E-state index is 6.37. The molecule has 1 aliphatic rings. The van der Waals surface area contributed by atoms with Crippen LogP contribution in [0.3, 0.4) is 0 Å². The summed E-state index contributed by atoms with van der Waals surface area (Å²) in [4.78, 5) is 2.52. The van der Waals surface area contributed by atoms with Crippen LogP contribution in [0.15, 0.2) is 11.5 Å². The van der Waals surface area contributed by atoms with E-state index in [1.54, 1.807) is 0 Å². The Morgan fingerprint density at radius 1 is 1.00 bits per heavy atom. The molecule has 3 nitrogen and oxygen atoms in total. The molecule has 5 heteroatoms. The number of nitrogens with zero attached hydrogens (tertiary/aromatic N) is 1. The third kappa shape index (κ3) is 6.01. The molecule has 1 rings (SSSR count). The van der Waals surface area contributed by atoms with E-state index in [-0.39, 0.29) is 0 Å². The van der Waals surface area contributed by atoms with E-state index in [1.807, 2.05) is 0 Å². The Morgan fingerprint density at radius 3 is 1.95 bits per heavy atom. The lowest BCUT2D eigenvalue weighted by Crippen LogP contribution is -2.33. The van der Waals surface area contributed by atoms with Crippen molar-refractivity contribution in [1.82, 2.24) is 4.90 Å². The maximum Gasteiger partial charge on any atom is 0.241 e. The molecule has 118 valence electrons. The molecule has 0 bridgehead atoms. The summed E-state index contributed by atoms with van der Waals surface area (Å²) in [7, 11) is -3.17. The first-order valence-corrected chi connectivity index (χ1v) is 14.7. The summed E-state index contributed by atoms with van der Waals surface area (Å²) in [6, 6.07) is 0.536. The van der Waals surface area contributed by atoms with E-state index < -0.39 is 16.6 Å². The van der Waals surface area contributed by atoms with Gasteiger partial charge in [-0.3, -0.25) is 0 Å². The van der Waals surface area contributed by atoms with Crippen molar-refractivity contribution in [2.24, 2.45) is 0 Å². The molecular formula is C15H33NO2Si2. The van der Waals surface area contributed by atoms with E-state index in [2.05, 4.69) is 58.0 Å². The highest BCUT2D eigenvalue weighted by Crippen LogP contribution is 2.29. The summed E-state index contributed by atoms with van der Waals surface area (Å²) in [5.74, 6) is 2.27. The third-order valence-electron chi connectivity index (χ3n) is 3.31. The van der Waals surface area contributed by atoms with E-state index in [0.717, 1.165) is 37.4 Å². The highest BCUT2D eigenvalue weighted by atomic mass is 28.4. The average molecular weight is 316 g/mol. The van der Waals surface area contributed by atoms with Crippen LogP contribution < -0.4 is 0 Å². The van der Waals surface area contributed by atoms with Crippen molar-refractivity contribution in [1.29, 1.82) is 0 Å². The minimum Gasteiger partial charge on any atom is -0.545 e. The fourth-order valence-corrected chi connectivity index (χ4v) is 4.42. The maximum absolute atomic E-state index is 6.37. The number of hydrogen-bond donors (Lipinski definition) is 0. The Labute approximate surface area is 127 Å². The van der Waals surface area contributed by atoms with Crippen molar-refractivity contribution in [3.8, 4) is 0 Å². The molecule has 0 aromatic heterocycles. The van der Waals surface area contributed by atoms with Crippen molar-refractivity contribution < 1.29 is 8.85 Å². The van der Waals surface area contributed by atoms with Crippen molar-refractivity contribution in [2.75, 3.05) is 13.1 Å². The van der Waals surface area contributed by atoms with Gasteiger partial charge in [0.15, 0.2) is 0 Å². The van der Waals surface area contributed by atoms with Crippen LogP contribution in [0.5, 0.6) is 0 Å². The minimum absolute atomic E-state index is 0.536. The SMILES string of the molecule is CCN1CCC(O[Si](C)(C)C)=C(O[Si](C)(C)C)C[C@@H]1C.